The van der Waals surface area contributed by atoms with Crippen molar-refractivity contribution in [2.75, 3.05) is 6.54 Å². The summed E-state index contributed by atoms with van der Waals surface area (Å²) in [6, 6.07) is 10.7. The third-order valence-corrected chi connectivity index (χ3v) is 2.90. The predicted octanol–water partition coefficient (Wildman–Crippen LogP) is 2.97. The maximum atomic E-state index is 13.1. The maximum Gasteiger partial charge on any atom is 0.407 e. The first-order chi connectivity index (χ1) is 11.2. The number of nitrogens with one attached hydrogen (secondary N) is 1. The summed E-state index contributed by atoms with van der Waals surface area (Å²) >= 11 is 0. The van der Waals surface area contributed by atoms with Gasteiger partial charge in [-0.05, 0) is 17.7 Å². The van der Waals surface area contributed by atoms with Crippen LogP contribution in [0.15, 0.2) is 48.7 Å². The minimum absolute atomic E-state index is 0.0603. The monoisotopic (exact) mass is 314 g/mol. The summed E-state index contributed by atoms with van der Waals surface area (Å²) in [5.41, 5.74) is 1.26. The Morgan fingerprint density at radius 2 is 2.09 bits per heavy atom. The van der Waals surface area contributed by atoms with Gasteiger partial charge in [0.1, 0.15) is 6.61 Å². The number of hydrogen-bond donors (Lipinski definition) is 1. The molecule has 6 heteroatoms. The summed E-state index contributed by atoms with van der Waals surface area (Å²) < 4.78 is 18.1. The lowest BCUT2D eigenvalue weighted by Gasteiger charge is -2.05. The van der Waals surface area contributed by atoms with Crippen LogP contribution in [-0.4, -0.2) is 23.9 Å². The molecule has 0 radical (unpaired) electrons. The maximum absolute atomic E-state index is 13.1. The number of ether oxygens (including phenoxy) is 1. The van der Waals surface area contributed by atoms with Crippen molar-refractivity contribution in [3.05, 3.63) is 71.3 Å². The van der Waals surface area contributed by atoms with Crippen LogP contribution in [0.2, 0.25) is 0 Å². The van der Waals surface area contributed by atoms with Crippen molar-refractivity contribution in [2.24, 2.45) is 0 Å². The molecule has 5 nitrogen and oxygen atoms in total. The van der Waals surface area contributed by atoms with E-state index < -0.39 is 11.9 Å². The molecule has 1 heterocycles. The Morgan fingerprint density at radius 3 is 2.83 bits per heavy atom. The van der Waals surface area contributed by atoms with Crippen LogP contribution in [0, 0.1) is 5.82 Å². The molecule has 0 aliphatic carbocycles. The molecule has 0 fully saturated rings. The van der Waals surface area contributed by atoms with Crippen LogP contribution in [0.3, 0.4) is 0 Å². The molecule has 1 amide bonds. The molecular formula is C17H15FN2O3. The van der Waals surface area contributed by atoms with Crippen molar-refractivity contribution >= 4 is 18.5 Å². The fourth-order valence-corrected chi connectivity index (χ4v) is 1.75. The number of alkyl carbamates (subject to hydrolysis) is 1. The molecule has 0 saturated heterocycles. The van der Waals surface area contributed by atoms with E-state index in [9.17, 15) is 14.0 Å². The second-order valence-electron chi connectivity index (χ2n) is 4.59. The second kappa shape index (κ2) is 8.43. The molecule has 1 N–H and O–H groups in total. The van der Waals surface area contributed by atoms with Crippen LogP contribution in [0.5, 0.6) is 0 Å². The highest BCUT2D eigenvalue weighted by molar-refractivity contribution is 5.76. The Kier molecular flexibility index (Phi) is 5.99. The molecule has 0 aliphatic rings. The fraction of sp³-hybridized carbons (Fsp3) is 0.118. The molecule has 1 aromatic heterocycles. The van der Waals surface area contributed by atoms with Crippen LogP contribution in [-0.2, 0) is 11.3 Å². The van der Waals surface area contributed by atoms with Gasteiger partial charge in [-0.2, -0.15) is 0 Å². The SMILES string of the molecule is O=Cc1cc(C=CCNC(=O)OCc2ccccc2)ncc1F. The minimum Gasteiger partial charge on any atom is -0.445 e. The molecule has 0 unspecified atom stereocenters. The van der Waals surface area contributed by atoms with Gasteiger partial charge in [-0.1, -0.05) is 36.4 Å². The summed E-state index contributed by atoms with van der Waals surface area (Å²) in [5.74, 6) is -0.667. The molecular weight excluding hydrogens is 299 g/mol. The van der Waals surface area contributed by atoms with Crippen molar-refractivity contribution in [1.29, 1.82) is 0 Å². The van der Waals surface area contributed by atoms with E-state index in [1.807, 2.05) is 30.3 Å². The van der Waals surface area contributed by atoms with Crippen molar-refractivity contribution in [3.8, 4) is 0 Å². The number of carbonyl (C=O) groups is 2. The van der Waals surface area contributed by atoms with Gasteiger partial charge in [0, 0.05) is 6.54 Å². The van der Waals surface area contributed by atoms with E-state index in [0.29, 0.717) is 12.0 Å². The Morgan fingerprint density at radius 1 is 1.30 bits per heavy atom. The standard InChI is InChI=1S/C17H15FN2O3/c18-16-10-20-15(9-14(16)11-21)7-4-8-19-17(22)23-12-13-5-2-1-3-6-13/h1-7,9-11H,8,12H2,(H,19,22). The van der Waals surface area contributed by atoms with Gasteiger partial charge >= 0.3 is 6.09 Å². The zero-order valence-electron chi connectivity index (χ0n) is 12.2. The third-order valence-electron chi connectivity index (χ3n) is 2.90. The Balaban J connectivity index is 1.75. The molecule has 0 saturated carbocycles. The smallest absolute Gasteiger partial charge is 0.407 e. The van der Waals surface area contributed by atoms with Gasteiger partial charge in [-0.3, -0.25) is 9.78 Å². The van der Waals surface area contributed by atoms with Crippen molar-refractivity contribution < 1.29 is 18.7 Å². The van der Waals surface area contributed by atoms with Crippen LogP contribution in [0.1, 0.15) is 21.6 Å². The Labute approximate surface area is 132 Å². The molecule has 0 atom stereocenters. The number of aldehydes is 1. The third kappa shape index (κ3) is 5.35. The van der Waals surface area contributed by atoms with Gasteiger partial charge in [0.25, 0.3) is 0 Å². The molecule has 0 aliphatic heterocycles. The second-order valence-corrected chi connectivity index (χ2v) is 4.59. The number of pyridine rings is 1. The zero-order valence-corrected chi connectivity index (χ0v) is 12.2. The van der Waals surface area contributed by atoms with Crippen LogP contribution >= 0.6 is 0 Å². The number of halogens is 1. The topological polar surface area (TPSA) is 68.3 Å². The molecule has 23 heavy (non-hydrogen) atoms. The number of carbonyl (C=O) groups excluding carboxylic acids is 2. The number of nitrogens with zero attached hydrogens (tertiary/aromatic N) is 1. The largest absolute Gasteiger partial charge is 0.445 e. The highest BCUT2D eigenvalue weighted by Gasteiger charge is 2.02. The number of rotatable bonds is 6. The normalized spacial score (nSPS) is 10.5. The van der Waals surface area contributed by atoms with E-state index in [1.165, 1.54) is 6.07 Å². The van der Waals surface area contributed by atoms with Gasteiger partial charge < -0.3 is 10.1 Å². The number of amides is 1. The van der Waals surface area contributed by atoms with Crippen molar-refractivity contribution in [3.63, 3.8) is 0 Å². The summed E-state index contributed by atoms with van der Waals surface area (Å²) in [6.45, 7) is 0.418. The lowest BCUT2D eigenvalue weighted by Crippen LogP contribution is -2.24. The molecule has 2 rings (SSSR count). The zero-order chi connectivity index (χ0) is 16.5. The van der Waals surface area contributed by atoms with Gasteiger partial charge in [0.05, 0.1) is 17.5 Å². The highest BCUT2D eigenvalue weighted by atomic mass is 19.1. The molecule has 2 aromatic rings. The van der Waals surface area contributed by atoms with E-state index in [0.717, 1.165) is 11.8 Å². The molecule has 118 valence electrons. The first kappa shape index (κ1) is 16.4. The Bertz CT molecular complexity index is 702. The predicted molar refractivity (Wildman–Crippen MR) is 83.2 cm³/mol. The van der Waals surface area contributed by atoms with Crippen molar-refractivity contribution in [1.82, 2.24) is 10.3 Å². The van der Waals surface area contributed by atoms with E-state index in [1.54, 1.807) is 12.2 Å². The van der Waals surface area contributed by atoms with Gasteiger partial charge in [0.15, 0.2) is 12.1 Å². The van der Waals surface area contributed by atoms with Crippen molar-refractivity contribution in [2.45, 2.75) is 6.61 Å². The summed E-state index contributed by atoms with van der Waals surface area (Å²) in [6.07, 6.45) is 4.06. The van der Waals surface area contributed by atoms with E-state index in [2.05, 4.69) is 10.3 Å². The first-order valence-corrected chi connectivity index (χ1v) is 6.91. The molecule has 1 aromatic carbocycles. The summed E-state index contributed by atoms with van der Waals surface area (Å²) in [4.78, 5) is 25.9. The quantitative estimate of drug-likeness (QED) is 0.832. The number of aromatic nitrogens is 1. The summed E-state index contributed by atoms with van der Waals surface area (Å²) in [5, 5.41) is 2.54. The van der Waals surface area contributed by atoms with E-state index in [-0.39, 0.29) is 18.7 Å². The van der Waals surface area contributed by atoms with Crippen LogP contribution < -0.4 is 5.32 Å². The highest BCUT2D eigenvalue weighted by Crippen LogP contribution is 2.06. The van der Waals surface area contributed by atoms with Crippen LogP contribution in [0.25, 0.3) is 6.08 Å². The molecule has 0 spiro atoms. The lowest BCUT2D eigenvalue weighted by atomic mass is 10.2. The van der Waals surface area contributed by atoms with E-state index in [4.69, 9.17) is 4.74 Å². The Hall–Kier alpha value is -3.02. The average molecular weight is 314 g/mol. The van der Waals surface area contributed by atoms with Gasteiger partial charge in [0.2, 0.25) is 0 Å². The van der Waals surface area contributed by atoms with E-state index >= 15 is 0 Å². The van der Waals surface area contributed by atoms with Gasteiger partial charge in [-0.25, -0.2) is 9.18 Å². The number of benzene rings is 1. The first-order valence-electron chi connectivity index (χ1n) is 6.91. The summed E-state index contributed by atoms with van der Waals surface area (Å²) in [7, 11) is 0. The fourth-order valence-electron chi connectivity index (χ4n) is 1.75. The van der Waals surface area contributed by atoms with Crippen LogP contribution in [0.4, 0.5) is 9.18 Å². The molecule has 0 bridgehead atoms. The number of hydrogen-bond acceptors (Lipinski definition) is 4. The lowest BCUT2D eigenvalue weighted by molar-refractivity contribution is 0.111. The average Bonchev–Trinajstić information content (AvgIpc) is 2.59. The van der Waals surface area contributed by atoms with Gasteiger partial charge in [-0.15, -0.1) is 0 Å². The minimum atomic E-state index is -0.667.